The molecule has 0 saturated heterocycles. The number of benzene rings is 1. The molecule has 0 aromatic heterocycles. The highest BCUT2D eigenvalue weighted by molar-refractivity contribution is 5.79. The van der Waals surface area contributed by atoms with Crippen molar-refractivity contribution in [3.63, 3.8) is 0 Å². The van der Waals surface area contributed by atoms with E-state index in [1.807, 2.05) is 38.1 Å². The highest BCUT2D eigenvalue weighted by atomic mass is 16.5. The molecule has 1 rings (SSSR count). The SMILES string of the molecule is CN=C(NCc1cccc(OCC(=O)N(C)C)c1)NCC(C)(C)OC. The molecule has 0 saturated carbocycles. The molecule has 1 aromatic rings. The van der Waals surface area contributed by atoms with Crippen molar-refractivity contribution in [3.8, 4) is 5.75 Å². The minimum atomic E-state index is -0.273. The van der Waals surface area contributed by atoms with Crippen LogP contribution in [0.1, 0.15) is 19.4 Å². The number of carbonyl (C=O) groups is 1. The number of carbonyl (C=O) groups excluding carboxylic acids is 1. The average molecular weight is 350 g/mol. The van der Waals surface area contributed by atoms with Crippen LogP contribution in [0.5, 0.6) is 5.75 Å². The van der Waals surface area contributed by atoms with Crippen molar-refractivity contribution in [3.05, 3.63) is 29.8 Å². The summed E-state index contributed by atoms with van der Waals surface area (Å²) in [7, 11) is 6.82. The lowest BCUT2D eigenvalue weighted by molar-refractivity contribution is -0.130. The summed E-state index contributed by atoms with van der Waals surface area (Å²) in [6.07, 6.45) is 0. The molecule has 7 heteroatoms. The summed E-state index contributed by atoms with van der Waals surface area (Å²) in [4.78, 5) is 17.3. The van der Waals surface area contributed by atoms with Gasteiger partial charge in [-0.3, -0.25) is 9.79 Å². The molecular weight excluding hydrogens is 320 g/mol. The van der Waals surface area contributed by atoms with Crippen LogP contribution in [0.15, 0.2) is 29.3 Å². The summed E-state index contributed by atoms with van der Waals surface area (Å²) >= 11 is 0. The van der Waals surface area contributed by atoms with Crippen molar-refractivity contribution >= 4 is 11.9 Å². The Labute approximate surface area is 150 Å². The first-order chi connectivity index (χ1) is 11.8. The molecule has 0 unspecified atom stereocenters. The first-order valence-corrected chi connectivity index (χ1v) is 8.19. The Morgan fingerprint density at radius 1 is 1.28 bits per heavy atom. The quantitative estimate of drug-likeness (QED) is 0.545. The second kappa shape index (κ2) is 9.88. The molecule has 0 aliphatic carbocycles. The summed E-state index contributed by atoms with van der Waals surface area (Å²) in [5.41, 5.74) is 0.758. The highest BCUT2D eigenvalue weighted by Gasteiger charge is 2.16. The second-order valence-corrected chi connectivity index (χ2v) is 6.47. The number of hydrogen-bond donors (Lipinski definition) is 2. The number of aliphatic imine (C=N–C) groups is 1. The van der Waals surface area contributed by atoms with Gasteiger partial charge in [-0.15, -0.1) is 0 Å². The van der Waals surface area contributed by atoms with Crippen LogP contribution >= 0.6 is 0 Å². The van der Waals surface area contributed by atoms with Crippen LogP contribution in [0, 0.1) is 0 Å². The lowest BCUT2D eigenvalue weighted by Gasteiger charge is -2.24. The lowest BCUT2D eigenvalue weighted by Crippen LogP contribution is -2.45. The topological polar surface area (TPSA) is 75.2 Å². The van der Waals surface area contributed by atoms with Crippen molar-refractivity contribution in [2.24, 2.45) is 4.99 Å². The molecule has 0 aliphatic heterocycles. The summed E-state index contributed by atoms with van der Waals surface area (Å²) in [6, 6.07) is 7.62. The Kier molecular flexibility index (Phi) is 8.21. The summed E-state index contributed by atoms with van der Waals surface area (Å²) in [6.45, 7) is 5.26. The van der Waals surface area contributed by atoms with Gasteiger partial charge in [0, 0.05) is 41.3 Å². The van der Waals surface area contributed by atoms with Crippen LogP contribution in [-0.4, -0.2) is 63.8 Å². The molecule has 0 heterocycles. The van der Waals surface area contributed by atoms with Gasteiger partial charge in [-0.2, -0.15) is 0 Å². The molecule has 0 spiro atoms. The van der Waals surface area contributed by atoms with Crippen molar-refractivity contribution < 1.29 is 14.3 Å². The number of nitrogens with one attached hydrogen (secondary N) is 2. The average Bonchev–Trinajstić information content (AvgIpc) is 2.60. The lowest BCUT2D eigenvalue weighted by atomic mass is 10.1. The molecule has 7 nitrogen and oxygen atoms in total. The van der Waals surface area contributed by atoms with Crippen LogP contribution in [0.2, 0.25) is 0 Å². The van der Waals surface area contributed by atoms with Gasteiger partial charge < -0.3 is 25.0 Å². The van der Waals surface area contributed by atoms with Crippen LogP contribution < -0.4 is 15.4 Å². The van der Waals surface area contributed by atoms with Gasteiger partial charge in [0.2, 0.25) is 0 Å². The minimum Gasteiger partial charge on any atom is -0.484 e. The van der Waals surface area contributed by atoms with Gasteiger partial charge in [0.25, 0.3) is 5.91 Å². The van der Waals surface area contributed by atoms with Gasteiger partial charge in [0.1, 0.15) is 5.75 Å². The summed E-state index contributed by atoms with van der Waals surface area (Å²) < 4.78 is 10.9. The molecule has 2 N–H and O–H groups in total. The second-order valence-electron chi connectivity index (χ2n) is 6.47. The molecular formula is C18H30N4O3. The zero-order chi connectivity index (χ0) is 18.9. The number of methoxy groups -OCH3 is 1. The van der Waals surface area contributed by atoms with E-state index in [1.54, 1.807) is 28.3 Å². The third kappa shape index (κ3) is 7.89. The molecule has 25 heavy (non-hydrogen) atoms. The van der Waals surface area contributed by atoms with E-state index >= 15 is 0 Å². The monoisotopic (exact) mass is 350 g/mol. The van der Waals surface area contributed by atoms with Gasteiger partial charge in [-0.05, 0) is 31.5 Å². The number of ether oxygens (including phenoxy) is 2. The van der Waals surface area contributed by atoms with Gasteiger partial charge in [0.15, 0.2) is 12.6 Å². The number of nitrogens with zero attached hydrogens (tertiary/aromatic N) is 2. The Hall–Kier alpha value is -2.28. The van der Waals surface area contributed by atoms with Crippen molar-refractivity contribution in [1.82, 2.24) is 15.5 Å². The van der Waals surface area contributed by atoms with E-state index in [2.05, 4.69) is 15.6 Å². The zero-order valence-electron chi connectivity index (χ0n) is 16.0. The fourth-order valence-electron chi connectivity index (χ4n) is 1.79. The smallest absolute Gasteiger partial charge is 0.259 e. The number of guanidine groups is 1. The van der Waals surface area contributed by atoms with E-state index in [0.717, 1.165) is 5.56 Å². The van der Waals surface area contributed by atoms with Crippen LogP contribution in [-0.2, 0) is 16.1 Å². The van der Waals surface area contributed by atoms with E-state index < -0.39 is 0 Å². The number of amides is 1. The predicted molar refractivity (Wildman–Crippen MR) is 99.9 cm³/mol. The van der Waals surface area contributed by atoms with Gasteiger partial charge in [0.05, 0.1) is 5.60 Å². The van der Waals surface area contributed by atoms with Crippen LogP contribution in [0.4, 0.5) is 0 Å². The number of hydrogen-bond acceptors (Lipinski definition) is 4. The van der Waals surface area contributed by atoms with E-state index in [0.29, 0.717) is 24.8 Å². The van der Waals surface area contributed by atoms with Crippen molar-refractivity contribution in [1.29, 1.82) is 0 Å². The standard InChI is InChI=1S/C18H30N4O3/c1-18(2,24-6)13-21-17(19-3)20-11-14-8-7-9-15(10-14)25-12-16(23)22(4)5/h7-10H,11-13H2,1-6H3,(H2,19,20,21). The third-order valence-corrected chi connectivity index (χ3v) is 3.68. The molecule has 0 radical (unpaired) electrons. The third-order valence-electron chi connectivity index (χ3n) is 3.68. The van der Waals surface area contributed by atoms with Gasteiger partial charge >= 0.3 is 0 Å². The summed E-state index contributed by atoms with van der Waals surface area (Å²) in [5.74, 6) is 1.28. The van der Waals surface area contributed by atoms with Crippen LogP contribution in [0.25, 0.3) is 0 Å². The fraction of sp³-hybridized carbons (Fsp3) is 0.556. The van der Waals surface area contributed by atoms with E-state index in [9.17, 15) is 4.79 Å². The molecule has 1 amide bonds. The first kappa shape index (κ1) is 20.8. The Morgan fingerprint density at radius 2 is 2.00 bits per heavy atom. The number of rotatable bonds is 8. The highest BCUT2D eigenvalue weighted by Crippen LogP contribution is 2.13. The molecule has 0 atom stereocenters. The van der Waals surface area contributed by atoms with Gasteiger partial charge in [-0.1, -0.05) is 12.1 Å². The van der Waals surface area contributed by atoms with Crippen molar-refractivity contribution in [2.45, 2.75) is 26.0 Å². The number of likely N-dealkylation sites (N-methyl/N-ethyl adjacent to an activating group) is 1. The molecule has 1 aromatic carbocycles. The maximum Gasteiger partial charge on any atom is 0.259 e. The zero-order valence-corrected chi connectivity index (χ0v) is 16.0. The van der Waals surface area contributed by atoms with E-state index in [-0.39, 0.29) is 18.1 Å². The Morgan fingerprint density at radius 3 is 2.60 bits per heavy atom. The summed E-state index contributed by atoms with van der Waals surface area (Å²) in [5, 5.41) is 6.48. The molecule has 0 aliphatic rings. The largest absolute Gasteiger partial charge is 0.484 e. The van der Waals surface area contributed by atoms with E-state index in [4.69, 9.17) is 9.47 Å². The maximum atomic E-state index is 11.6. The Balaban J connectivity index is 2.53. The first-order valence-electron chi connectivity index (χ1n) is 8.19. The molecule has 140 valence electrons. The Bertz CT molecular complexity index is 585. The fourth-order valence-corrected chi connectivity index (χ4v) is 1.79. The minimum absolute atomic E-state index is 0.0270. The molecule has 0 bridgehead atoms. The maximum absolute atomic E-state index is 11.6. The normalized spacial score (nSPS) is 11.8. The molecule has 0 fully saturated rings. The van der Waals surface area contributed by atoms with Crippen LogP contribution in [0.3, 0.4) is 0 Å². The van der Waals surface area contributed by atoms with Crippen molar-refractivity contribution in [2.75, 3.05) is 41.4 Å². The van der Waals surface area contributed by atoms with E-state index in [1.165, 1.54) is 4.90 Å². The predicted octanol–water partition coefficient (Wildman–Crippen LogP) is 1.24. The van der Waals surface area contributed by atoms with Gasteiger partial charge in [-0.25, -0.2) is 0 Å².